The molecule has 22 heavy (non-hydrogen) atoms. The summed E-state index contributed by atoms with van der Waals surface area (Å²) in [5, 5.41) is 10.3. The number of hydrogen-bond donors (Lipinski definition) is 1. The van der Waals surface area contributed by atoms with Crippen LogP contribution in [0.4, 0.5) is 0 Å². The molecule has 0 aromatic heterocycles. The second kappa shape index (κ2) is 7.38. The summed E-state index contributed by atoms with van der Waals surface area (Å²) in [5.41, 5.74) is 0.647. The van der Waals surface area contributed by atoms with Gasteiger partial charge in [-0.3, -0.25) is 0 Å². The van der Waals surface area contributed by atoms with Crippen molar-refractivity contribution in [3.8, 4) is 11.5 Å². The van der Waals surface area contributed by atoms with E-state index in [1.807, 2.05) is 0 Å². The first-order valence-electron chi connectivity index (χ1n) is 6.47. The molecule has 0 bridgehead atoms. The van der Waals surface area contributed by atoms with E-state index in [9.17, 15) is 9.90 Å². The van der Waals surface area contributed by atoms with Crippen LogP contribution in [0.2, 0.25) is 10.0 Å². The number of methoxy groups -OCH3 is 1. The number of carboxylic acid groups (broad SMARTS) is 1. The van der Waals surface area contributed by atoms with Crippen LogP contribution in [-0.4, -0.2) is 24.3 Å². The number of carboxylic acids is 1. The summed E-state index contributed by atoms with van der Waals surface area (Å²) in [5.74, 6) is -0.254. The van der Waals surface area contributed by atoms with E-state index in [0.717, 1.165) is 0 Å². The third kappa shape index (κ3) is 4.06. The molecule has 0 heterocycles. The van der Waals surface area contributed by atoms with Gasteiger partial charge in [0.15, 0.2) is 17.6 Å². The van der Waals surface area contributed by atoms with Gasteiger partial charge >= 0.3 is 5.97 Å². The van der Waals surface area contributed by atoms with Crippen LogP contribution < -0.4 is 9.47 Å². The van der Waals surface area contributed by atoms with Crippen molar-refractivity contribution >= 4 is 29.2 Å². The van der Waals surface area contributed by atoms with E-state index >= 15 is 0 Å². The van der Waals surface area contributed by atoms with Gasteiger partial charge in [0.25, 0.3) is 0 Å². The maximum atomic E-state index is 11.5. The standard InChI is InChI=1S/C16H14Cl2O4/c1-21-13-4-2-3-5-14(13)22-15(16(19)20)8-10-6-7-11(17)9-12(10)18/h2-7,9,15H,8H2,1H3,(H,19,20)/t15-/m0/s1. The first kappa shape index (κ1) is 16.5. The van der Waals surface area contributed by atoms with E-state index in [2.05, 4.69) is 0 Å². The number of rotatable bonds is 6. The average Bonchev–Trinajstić information content (AvgIpc) is 2.49. The lowest BCUT2D eigenvalue weighted by Crippen LogP contribution is -2.29. The van der Waals surface area contributed by atoms with Crippen LogP contribution in [0.5, 0.6) is 11.5 Å². The molecule has 0 spiro atoms. The van der Waals surface area contributed by atoms with Crippen molar-refractivity contribution in [1.29, 1.82) is 0 Å². The summed E-state index contributed by atoms with van der Waals surface area (Å²) in [6.45, 7) is 0. The number of para-hydroxylation sites is 2. The van der Waals surface area contributed by atoms with Crippen LogP contribution in [0.3, 0.4) is 0 Å². The second-order valence-electron chi connectivity index (χ2n) is 4.54. The van der Waals surface area contributed by atoms with Gasteiger partial charge < -0.3 is 14.6 Å². The van der Waals surface area contributed by atoms with Crippen molar-refractivity contribution in [3.05, 3.63) is 58.1 Å². The summed E-state index contributed by atoms with van der Waals surface area (Å²) in [6, 6.07) is 11.8. The minimum absolute atomic E-state index is 0.114. The lowest BCUT2D eigenvalue weighted by atomic mass is 10.1. The van der Waals surface area contributed by atoms with E-state index in [0.29, 0.717) is 27.1 Å². The van der Waals surface area contributed by atoms with Crippen molar-refractivity contribution < 1.29 is 19.4 Å². The van der Waals surface area contributed by atoms with E-state index in [4.69, 9.17) is 32.7 Å². The summed E-state index contributed by atoms with van der Waals surface area (Å²) < 4.78 is 10.7. The normalized spacial score (nSPS) is 11.8. The molecule has 4 nitrogen and oxygen atoms in total. The van der Waals surface area contributed by atoms with Crippen molar-refractivity contribution in [2.24, 2.45) is 0 Å². The van der Waals surface area contributed by atoms with Crippen LogP contribution in [0.25, 0.3) is 0 Å². The van der Waals surface area contributed by atoms with Crippen LogP contribution in [-0.2, 0) is 11.2 Å². The van der Waals surface area contributed by atoms with Crippen molar-refractivity contribution in [3.63, 3.8) is 0 Å². The monoisotopic (exact) mass is 340 g/mol. The Morgan fingerprint density at radius 3 is 2.45 bits per heavy atom. The fraction of sp³-hybridized carbons (Fsp3) is 0.188. The SMILES string of the molecule is COc1ccccc1O[C@@H](Cc1ccc(Cl)cc1Cl)C(=O)O. The van der Waals surface area contributed by atoms with Gasteiger partial charge in [-0.2, -0.15) is 0 Å². The third-order valence-electron chi connectivity index (χ3n) is 3.03. The Balaban J connectivity index is 2.22. The highest BCUT2D eigenvalue weighted by Gasteiger charge is 2.22. The molecule has 0 aliphatic rings. The van der Waals surface area contributed by atoms with Crippen LogP contribution in [0, 0.1) is 0 Å². The van der Waals surface area contributed by atoms with Crippen LogP contribution in [0.1, 0.15) is 5.56 Å². The molecule has 0 aliphatic heterocycles. The van der Waals surface area contributed by atoms with Gasteiger partial charge in [0.2, 0.25) is 0 Å². The minimum Gasteiger partial charge on any atom is -0.493 e. The van der Waals surface area contributed by atoms with Crippen molar-refractivity contribution in [1.82, 2.24) is 0 Å². The molecule has 0 saturated carbocycles. The Morgan fingerprint density at radius 2 is 1.86 bits per heavy atom. The summed E-state index contributed by atoms with van der Waals surface area (Å²) in [4.78, 5) is 11.5. The molecular formula is C16H14Cl2O4. The minimum atomic E-state index is -1.09. The molecule has 2 rings (SSSR count). The van der Waals surface area contributed by atoms with Gasteiger partial charge in [0.05, 0.1) is 7.11 Å². The van der Waals surface area contributed by atoms with Gasteiger partial charge in [0, 0.05) is 16.5 Å². The number of carbonyl (C=O) groups is 1. The number of ether oxygens (including phenoxy) is 2. The second-order valence-corrected chi connectivity index (χ2v) is 5.38. The molecule has 0 unspecified atom stereocenters. The number of aliphatic carboxylic acids is 1. The third-order valence-corrected chi connectivity index (χ3v) is 3.62. The Kier molecular flexibility index (Phi) is 5.52. The Labute approximate surface area is 138 Å². The molecule has 1 atom stereocenters. The lowest BCUT2D eigenvalue weighted by Gasteiger charge is -2.17. The largest absolute Gasteiger partial charge is 0.493 e. The van der Waals surface area contributed by atoms with E-state index in [-0.39, 0.29) is 6.42 Å². The first-order valence-corrected chi connectivity index (χ1v) is 7.23. The van der Waals surface area contributed by atoms with E-state index < -0.39 is 12.1 Å². The Hall–Kier alpha value is -1.91. The highest BCUT2D eigenvalue weighted by molar-refractivity contribution is 6.35. The molecule has 6 heteroatoms. The molecule has 0 fully saturated rings. The fourth-order valence-corrected chi connectivity index (χ4v) is 2.42. The first-order chi connectivity index (χ1) is 10.5. The van der Waals surface area contributed by atoms with Gasteiger partial charge in [-0.25, -0.2) is 4.79 Å². The van der Waals surface area contributed by atoms with Crippen molar-refractivity contribution in [2.45, 2.75) is 12.5 Å². The van der Waals surface area contributed by atoms with Gasteiger partial charge in [-0.05, 0) is 29.8 Å². The van der Waals surface area contributed by atoms with E-state index in [1.165, 1.54) is 7.11 Å². The lowest BCUT2D eigenvalue weighted by molar-refractivity contribution is -0.145. The van der Waals surface area contributed by atoms with Crippen molar-refractivity contribution in [2.75, 3.05) is 7.11 Å². The number of hydrogen-bond acceptors (Lipinski definition) is 3. The van der Waals surface area contributed by atoms with Gasteiger partial charge in [0.1, 0.15) is 0 Å². The highest BCUT2D eigenvalue weighted by Crippen LogP contribution is 2.28. The highest BCUT2D eigenvalue weighted by atomic mass is 35.5. The molecule has 0 saturated heterocycles. The van der Waals surface area contributed by atoms with Crippen LogP contribution >= 0.6 is 23.2 Å². The zero-order valence-corrected chi connectivity index (χ0v) is 13.3. The molecular weight excluding hydrogens is 327 g/mol. The maximum Gasteiger partial charge on any atom is 0.345 e. The molecule has 0 aliphatic carbocycles. The van der Waals surface area contributed by atoms with Crippen LogP contribution in [0.15, 0.2) is 42.5 Å². The topological polar surface area (TPSA) is 55.8 Å². The Bertz CT molecular complexity index is 673. The Morgan fingerprint density at radius 1 is 1.18 bits per heavy atom. The predicted molar refractivity (Wildman–Crippen MR) is 85.2 cm³/mol. The van der Waals surface area contributed by atoms with E-state index in [1.54, 1.807) is 42.5 Å². The molecule has 116 valence electrons. The summed E-state index contributed by atoms with van der Waals surface area (Å²) in [6.07, 6.45) is -0.974. The summed E-state index contributed by atoms with van der Waals surface area (Å²) >= 11 is 11.9. The smallest absolute Gasteiger partial charge is 0.345 e. The zero-order valence-electron chi connectivity index (χ0n) is 11.8. The maximum absolute atomic E-state index is 11.5. The molecule has 1 N–H and O–H groups in total. The number of halogens is 2. The number of benzene rings is 2. The van der Waals surface area contributed by atoms with Gasteiger partial charge in [-0.1, -0.05) is 41.4 Å². The average molecular weight is 341 g/mol. The zero-order chi connectivity index (χ0) is 16.1. The fourth-order valence-electron chi connectivity index (χ4n) is 1.94. The predicted octanol–water partition coefficient (Wildman–Crippen LogP) is 4.08. The summed E-state index contributed by atoms with van der Waals surface area (Å²) in [7, 11) is 1.49. The molecule has 0 radical (unpaired) electrons. The molecule has 0 amide bonds. The molecule has 2 aromatic carbocycles. The molecule has 2 aromatic rings. The van der Waals surface area contributed by atoms with Gasteiger partial charge in [-0.15, -0.1) is 0 Å². The quantitative estimate of drug-likeness (QED) is 0.860.